The molecule has 41 heavy (non-hydrogen) atoms. The highest BCUT2D eigenvalue weighted by atomic mass is 19.4. The van der Waals surface area contributed by atoms with Crippen molar-refractivity contribution in [2.24, 2.45) is 0 Å². The first-order chi connectivity index (χ1) is 19.7. The number of aryl methyl sites for hydroxylation is 1. The van der Waals surface area contributed by atoms with E-state index in [0.29, 0.717) is 35.5 Å². The van der Waals surface area contributed by atoms with E-state index in [1.165, 1.54) is 42.9 Å². The maximum absolute atomic E-state index is 13.9. The Morgan fingerprint density at radius 3 is 2.46 bits per heavy atom. The van der Waals surface area contributed by atoms with Crippen molar-refractivity contribution >= 4 is 23.2 Å². The summed E-state index contributed by atoms with van der Waals surface area (Å²) < 4.78 is 46.6. The van der Waals surface area contributed by atoms with Crippen molar-refractivity contribution in [2.75, 3.05) is 36.8 Å². The molecule has 0 atom stereocenters. The number of rotatable bonds is 7. The van der Waals surface area contributed by atoms with E-state index in [1.54, 1.807) is 25.3 Å². The first-order valence-corrected chi connectivity index (χ1v) is 12.9. The van der Waals surface area contributed by atoms with Gasteiger partial charge in [-0.05, 0) is 48.4 Å². The van der Waals surface area contributed by atoms with Crippen LogP contribution < -0.4 is 16.0 Å². The number of hydrogen-bond donors (Lipinski definition) is 3. The fourth-order valence-corrected chi connectivity index (χ4v) is 4.53. The lowest BCUT2D eigenvalue weighted by atomic mass is 10.0. The van der Waals surface area contributed by atoms with E-state index in [-0.39, 0.29) is 28.9 Å². The molecule has 1 saturated heterocycles. The number of carbonyl (C=O) groups is 2. The maximum Gasteiger partial charge on any atom is 0.416 e. The van der Waals surface area contributed by atoms with Gasteiger partial charge in [0.05, 0.1) is 17.3 Å². The number of aromatic nitrogens is 2. The second kappa shape index (κ2) is 11.9. The van der Waals surface area contributed by atoms with Gasteiger partial charge in [0.1, 0.15) is 6.26 Å². The monoisotopic (exact) mass is 564 g/mol. The Morgan fingerprint density at radius 2 is 1.73 bits per heavy atom. The molecule has 0 bridgehead atoms. The Morgan fingerprint density at radius 1 is 0.951 bits per heavy atom. The van der Waals surface area contributed by atoms with Gasteiger partial charge >= 0.3 is 6.18 Å². The molecule has 212 valence electrons. The zero-order valence-electron chi connectivity index (χ0n) is 22.1. The molecule has 2 amide bonds. The first-order valence-electron chi connectivity index (χ1n) is 12.9. The number of nitrogens with zero attached hydrogens (tertiary/aromatic N) is 3. The molecule has 0 aliphatic carbocycles. The van der Waals surface area contributed by atoms with E-state index in [4.69, 9.17) is 4.52 Å². The number of hydrogen-bond acceptors (Lipinski definition) is 7. The summed E-state index contributed by atoms with van der Waals surface area (Å²) in [5.74, 6) is -1.06. The quantitative estimate of drug-likeness (QED) is 0.291. The van der Waals surface area contributed by atoms with Gasteiger partial charge in [0.15, 0.2) is 0 Å². The SMILES string of the molecule is Cc1ccc(C(=O)Nc2ccc(CN3CCNCC3)c(C(F)(F)F)c2)cc1NC(=O)c1cncc(-c2cnoc2)c1. The number of anilines is 2. The van der Waals surface area contributed by atoms with Gasteiger partial charge in [-0.2, -0.15) is 13.2 Å². The molecule has 2 aromatic carbocycles. The first kappa shape index (κ1) is 28.0. The minimum absolute atomic E-state index is 0.0224. The Balaban J connectivity index is 1.31. The molecule has 5 rings (SSSR count). The summed E-state index contributed by atoms with van der Waals surface area (Å²) in [7, 11) is 0. The van der Waals surface area contributed by atoms with Gasteiger partial charge in [-0.25, -0.2) is 0 Å². The van der Waals surface area contributed by atoms with Crippen molar-refractivity contribution in [1.29, 1.82) is 0 Å². The van der Waals surface area contributed by atoms with Crippen LogP contribution in [-0.2, 0) is 12.7 Å². The van der Waals surface area contributed by atoms with Gasteiger partial charge in [0, 0.05) is 73.2 Å². The van der Waals surface area contributed by atoms with E-state index in [0.717, 1.165) is 19.2 Å². The van der Waals surface area contributed by atoms with Crippen molar-refractivity contribution in [1.82, 2.24) is 20.4 Å². The van der Waals surface area contributed by atoms with Crippen LogP contribution >= 0.6 is 0 Å². The Bertz CT molecular complexity index is 1550. The van der Waals surface area contributed by atoms with Crippen LogP contribution in [-0.4, -0.2) is 53.0 Å². The Kier molecular flexibility index (Phi) is 8.13. The van der Waals surface area contributed by atoms with Gasteiger partial charge in [-0.3, -0.25) is 19.5 Å². The molecule has 0 unspecified atom stereocenters. The molecule has 1 fully saturated rings. The van der Waals surface area contributed by atoms with E-state index in [1.807, 2.05) is 4.90 Å². The average molecular weight is 565 g/mol. The van der Waals surface area contributed by atoms with Crippen molar-refractivity contribution in [3.05, 3.63) is 95.1 Å². The number of halogens is 3. The standard InChI is InChI=1S/C29H27F3N6O3/c1-18-2-3-19(11-26(18)37-28(40)22-10-21(13-34-14-22)23-15-35-41-17-23)27(39)36-24-5-4-20(25(12-24)29(30,31)32)16-38-8-6-33-7-9-38/h2-5,10-15,17,33H,6-9,16H2,1H3,(H,36,39)(H,37,40). The van der Waals surface area contributed by atoms with Gasteiger partial charge in [-0.15, -0.1) is 0 Å². The molecule has 4 aromatic rings. The number of piperazine rings is 1. The van der Waals surface area contributed by atoms with Crippen molar-refractivity contribution in [3.8, 4) is 11.1 Å². The Labute approximate surface area is 233 Å². The molecule has 12 heteroatoms. The normalized spacial score (nSPS) is 14.0. The third-order valence-electron chi connectivity index (χ3n) is 6.79. The molecular weight excluding hydrogens is 537 g/mol. The third-order valence-corrected chi connectivity index (χ3v) is 6.79. The van der Waals surface area contributed by atoms with Crippen molar-refractivity contribution in [3.63, 3.8) is 0 Å². The summed E-state index contributed by atoms with van der Waals surface area (Å²) in [5, 5.41) is 12.2. The second-order valence-electron chi connectivity index (χ2n) is 9.71. The number of carbonyl (C=O) groups excluding carboxylic acids is 2. The van der Waals surface area contributed by atoms with Crippen LogP contribution in [0.1, 0.15) is 37.4 Å². The zero-order chi connectivity index (χ0) is 29.0. The number of amides is 2. The van der Waals surface area contributed by atoms with Crippen molar-refractivity contribution < 1.29 is 27.3 Å². The number of benzene rings is 2. The highest BCUT2D eigenvalue weighted by molar-refractivity contribution is 6.08. The fraction of sp³-hybridized carbons (Fsp3) is 0.241. The summed E-state index contributed by atoms with van der Waals surface area (Å²) in [6.07, 6.45) is 1.33. The van der Waals surface area contributed by atoms with Gasteiger partial charge in [0.2, 0.25) is 0 Å². The van der Waals surface area contributed by atoms with Crippen LogP contribution in [0.4, 0.5) is 24.5 Å². The summed E-state index contributed by atoms with van der Waals surface area (Å²) in [6, 6.07) is 10.1. The van der Waals surface area contributed by atoms with Crippen LogP contribution in [0, 0.1) is 6.92 Å². The van der Waals surface area contributed by atoms with Gasteiger partial charge < -0.3 is 20.5 Å². The summed E-state index contributed by atoms with van der Waals surface area (Å²) in [5.41, 5.74) is 2.20. The summed E-state index contributed by atoms with van der Waals surface area (Å²) in [4.78, 5) is 32.1. The number of nitrogens with one attached hydrogen (secondary N) is 3. The molecule has 9 nitrogen and oxygen atoms in total. The maximum atomic E-state index is 13.9. The zero-order valence-corrected chi connectivity index (χ0v) is 22.1. The highest BCUT2D eigenvalue weighted by Gasteiger charge is 2.34. The minimum Gasteiger partial charge on any atom is -0.364 e. The van der Waals surface area contributed by atoms with Crippen molar-refractivity contribution in [2.45, 2.75) is 19.6 Å². The van der Waals surface area contributed by atoms with Crippen LogP contribution in [0.2, 0.25) is 0 Å². The predicted molar refractivity (Wildman–Crippen MR) is 146 cm³/mol. The van der Waals surface area contributed by atoms with E-state index in [2.05, 4.69) is 26.1 Å². The Hall–Kier alpha value is -4.55. The summed E-state index contributed by atoms with van der Waals surface area (Å²) >= 11 is 0. The van der Waals surface area contributed by atoms with Crippen LogP contribution in [0.25, 0.3) is 11.1 Å². The number of alkyl halides is 3. The minimum atomic E-state index is -4.58. The van der Waals surface area contributed by atoms with Gasteiger partial charge in [-0.1, -0.05) is 17.3 Å². The van der Waals surface area contributed by atoms with E-state index in [9.17, 15) is 22.8 Å². The molecule has 0 spiro atoms. The van der Waals surface area contributed by atoms with E-state index < -0.39 is 23.6 Å². The molecule has 0 radical (unpaired) electrons. The smallest absolute Gasteiger partial charge is 0.364 e. The lowest BCUT2D eigenvalue weighted by molar-refractivity contribution is -0.138. The summed E-state index contributed by atoms with van der Waals surface area (Å²) in [6.45, 7) is 4.69. The molecule has 0 saturated carbocycles. The topological polar surface area (TPSA) is 112 Å². The molecule has 1 aliphatic rings. The van der Waals surface area contributed by atoms with Crippen LogP contribution in [0.5, 0.6) is 0 Å². The average Bonchev–Trinajstić information content (AvgIpc) is 3.50. The molecule has 3 N–H and O–H groups in total. The molecular formula is C29H27F3N6O3. The second-order valence-corrected chi connectivity index (χ2v) is 9.71. The molecule has 1 aliphatic heterocycles. The predicted octanol–water partition coefficient (Wildman–Crippen LogP) is 4.97. The largest absolute Gasteiger partial charge is 0.416 e. The fourth-order valence-electron chi connectivity index (χ4n) is 4.53. The highest BCUT2D eigenvalue weighted by Crippen LogP contribution is 2.35. The van der Waals surface area contributed by atoms with Crippen LogP contribution in [0.15, 0.2) is 71.8 Å². The third kappa shape index (κ3) is 6.79. The lowest BCUT2D eigenvalue weighted by Crippen LogP contribution is -2.43. The van der Waals surface area contributed by atoms with Gasteiger partial charge in [0.25, 0.3) is 11.8 Å². The number of pyridine rings is 1. The lowest BCUT2D eigenvalue weighted by Gasteiger charge is -2.28. The van der Waals surface area contributed by atoms with Crippen LogP contribution in [0.3, 0.4) is 0 Å². The molecule has 2 aromatic heterocycles. The molecule has 3 heterocycles. The van der Waals surface area contributed by atoms with E-state index >= 15 is 0 Å².